The van der Waals surface area contributed by atoms with Crippen molar-refractivity contribution in [2.75, 3.05) is 0 Å². The maximum Gasteiger partial charge on any atom is 0.0541 e. The molecule has 2 aromatic heterocycles. The van der Waals surface area contributed by atoms with E-state index in [1.54, 1.807) is 0 Å². The van der Waals surface area contributed by atoms with Crippen LogP contribution in [0.2, 0.25) is 0 Å². The van der Waals surface area contributed by atoms with Crippen LogP contribution in [-0.2, 0) is 5.41 Å². The van der Waals surface area contributed by atoms with Crippen molar-refractivity contribution in [1.82, 2.24) is 9.13 Å². The summed E-state index contributed by atoms with van der Waals surface area (Å²) in [5, 5.41) is 5.08. The van der Waals surface area contributed by atoms with Gasteiger partial charge in [0, 0.05) is 33.0 Å². The van der Waals surface area contributed by atoms with Crippen LogP contribution in [0, 0.1) is 5.92 Å². The predicted molar refractivity (Wildman–Crippen MR) is 224 cm³/mol. The molecule has 0 radical (unpaired) electrons. The van der Waals surface area contributed by atoms with Gasteiger partial charge in [-0.2, -0.15) is 0 Å². The zero-order chi connectivity index (χ0) is 35.3. The molecule has 0 N–H and O–H groups in total. The first-order valence-electron chi connectivity index (χ1n) is 18.8. The minimum absolute atomic E-state index is 0.0641. The number of fused-ring (bicyclic) bond motifs is 9. The Labute approximate surface area is 309 Å². The number of hydrogen-bond acceptors (Lipinski definition) is 0. The third-order valence-electron chi connectivity index (χ3n) is 12.2. The van der Waals surface area contributed by atoms with E-state index in [0.717, 1.165) is 0 Å². The standard InChI is InChI=1S/C51H38N2/c1-51(2)42-21-10-6-20-39(42)50-43(51)22-14-26-49(50)53-46-25-13-9-19-38(46)41-32-35(28-30-48(41)53)34-27-29-47-40(31-34)37-18-8-12-24-45(37)52(47)44-23-11-7-17-36(44)33-15-4-3-5-16-33/h3-32,39,42H,1-2H3. The maximum absolute atomic E-state index is 2.53. The summed E-state index contributed by atoms with van der Waals surface area (Å²) in [6.07, 6.45) is 9.30. The van der Waals surface area contributed by atoms with Gasteiger partial charge in [0.15, 0.2) is 0 Å². The highest BCUT2D eigenvalue weighted by Gasteiger charge is 2.45. The van der Waals surface area contributed by atoms with Gasteiger partial charge in [-0.05, 0) is 87.7 Å². The molecule has 2 aliphatic carbocycles. The molecule has 53 heavy (non-hydrogen) atoms. The van der Waals surface area contributed by atoms with Gasteiger partial charge in [0.25, 0.3) is 0 Å². The Morgan fingerprint density at radius 3 is 1.68 bits per heavy atom. The normalized spacial score (nSPS) is 17.2. The van der Waals surface area contributed by atoms with Gasteiger partial charge in [-0.1, -0.05) is 147 Å². The Morgan fingerprint density at radius 2 is 0.981 bits per heavy atom. The first-order valence-corrected chi connectivity index (χ1v) is 18.8. The second-order valence-corrected chi connectivity index (χ2v) is 15.3. The largest absolute Gasteiger partial charge is 0.309 e. The molecular formula is C51H38N2. The molecule has 9 aromatic rings. The quantitative estimate of drug-likeness (QED) is 0.175. The van der Waals surface area contributed by atoms with Gasteiger partial charge in [-0.3, -0.25) is 0 Å². The topological polar surface area (TPSA) is 9.86 Å². The lowest BCUT2D eigenvalue weighted by atomic mass is 9.74. The fourth-order valence-electron chi connectivity index (χ4n) is 9.77. The van der Waals surface area contributed by atoms with Gasteiger partial charge in [0.05, 0.1) is 33.4 Å². The van der Waals surface area contributed by atoms with E-state index >= 15 is 0 Å². The smallest absolute Gasteiger partial charge is 0.0541 e. The van der Waals surface area contributed by atoms with Crippen LogP contribution in [0.1, 0.15) is 30.9 Å². The van der Waals surface area contributed by atoms with Crippen molar-refractivity contribution in [3.8, 4) is 33.6 Å². The molecule has 0 amide bonds. The summed E-state index contributed by atoms with van der Waals surface area (Å²) in [7, 11) is 0. The molecule has 2 heterocycles. The summed E-state index contributed by atoms with van der Waals surface area (Å²) < 4.78 is 4.97. The van der Waals surface area contributed by atoms with E-state index in [4.69, 9.17) is 0 Å². The molecular weight excluding hydrogens is 641 g/mol. The fraction of sp³-hybridized carbons (Fsp3) is 0.0980. The van der Waals surface area contributed by atoms with Crippen molar-refractivity contribution >= 4 is 43.6 Å². The average Bonchev–Trinajstić information content (AvgIpc) is 3.81. The Morgan fingerprint density at radius 1 is 0.434 bits per heavy atom. The lowest BCUT2D eigenvalue weighted by Crippen LogP contribution is -2.24. The highest BCUT2D eigenvalue weighted by molar-refractivity contribution is 6.13. The van der Waals surface area contributed by atoms with Crippen LogP contribution in [0.5, 0.6) is 0 Å². The summed E-state index contributed by atoms with van der Waals surface area (Å²) in [4.78, 5) is 0. The van der Waals surface area contributed by atoms with Crippen LogP contribution in [-0.4, -0.2) is 9.13 Å². The highest BCUT2D eigenvalue weighted by atomic mass is 15.0. The van der Waals surface area contributed by atoms with Crippen molar-refractivity contribution in [2.45, 2.75) is 25.2 Å². The Balaban J connectivity index is 1.10. The minimum atomic E-state index is 0.0641. The summed E-state index contributed by atoms with van der Waals surface area (Å²) in [5.74, 6) is 0.821. The van der Waals surface area contributed by atoms with Crippen molar-refractivity contribution in [3.63, 3.8) is 0 Å². The lowest BCUT2D eigenvalue weighted by Gasteiger charge is -2.29. The maximum atomic E-state index is 2.53. The minimum Gasteiger partial charge on any atom is -0.309 e. The Kier molecular flexibility index (Phi) is 6.46. The molecule has 0 aliphatic heterocycles. The molecule has 11 rings (SSSR count). The Bertz CT molecular complexity index is 2980. The molecule has 0 spiro atoms. The third kappa shape index (κ3) is 4.33. The van der Waals surface area contributed by atoms with Gasteiger partial charge in [0.2, 0.25) is 0 Å². The molecule has 2 unspecified atom stereocenters. The molecule has 252 valence electrons. The molecule has 2 aliphatic rings. The molecule has 0 fully saturated rings. The molecule has 2 nitrogen and oxygen atoms in total. The van der Waals surface area contributed by atoms with Crippen LogP contribution in [0.25, 0.3) is 77.2 Å². The van der Waals surface area contributed by atoms with Crippen LogP contribution in [0.4, 0.5) is 0 Å². The summed E-state index contributed by atoms with van der Waals surface area (Å²) in [5.41, 5.74) is 15.3. The van der Waals surface area contributed by atoms with E-state index < -0.39 is 0 Å². The highest BCUT2D eigenvalue weighted by Crippen LogP contribution is 2.55. The van der Waals surface area contributed by atoms with Gasteiger partial charge < -0.3 is 9.13 Å². The molecule has 2 heteroatoms. The number of rotatable bonds is 4. The van der Waals surface area contributed by atoms with Crippen molar-refractivity contribution in [2.24, 2.45) is 5.92 Å². The van der Waals surface area contributed by atoms with E-state index in [9.17, 15) is 0 Å². The molecule has 0 bridgehead atoms. The van der Waals surface area contributed by atoms with E-state index in [-0.39, 0.29) is 5.41 Å². The lowest BCUT2D eigenvalue weighted by molar-refractivity contribution is 0.394. The summed E-state index contributed by atoms with van der Waals surface area (Å²) in [6.45, 7) is 4.83. The van der Waals surface area contributed by atoms with Crippen molar-refractivity contribution in [1.29, 1.82) is 0 Å². The number of para-hydroxylation sites is 3. The monoisotopic (exact) mass is 678 g/mol. The van der Waals surface area contributed by atoms with E-state index in [0.29, 0.717) is 11.8 Å². The van der Waals surface area contributed by atoms with Gasteiger partial charge in [-0.25, -0.2) is 0 Å². The second kappa shape index (κ2) is 11.3. The number of allylic oxidation sites excluding steroid dienone is 4. The van der Waals surface area contributed by atoms with Crippen LogP contribution in [0.15, 0.2) is 182 Å². The number of benzene rings is 7. The van der Waals surface area contributed by atoms with Gasteiger partial charge in [0.1, 0.15) is 0 Å². The SMILES string of the molecule is CC1(C)c2cccc(-n3c4ccccc4c4cc(-c5ccc6c(c5)c5ccccc5n6-c5ccccc5-c5ccccc5)ccc43)c2C2C=CC=CC21. The van der Waals surface area contributed by atoms with Crippen molar-refractivity contribution in [3.05, 3.63) is 193 Å². The Hall–Kier alpha value is -6.38. The van der Waals surface area contributed by atoms with Gasteiger partial charge in [-0.15, -0.1) is 0 Å². The van der Waals surface area contributed by atoms with E-state index in [1.165, 1.54) is 88.4 Å². The average molecular weight is 679 g/mol. The number of aromatic nitrogens is 2. The fourth-order valence-corrected chi connectivity index (χ4v) is 9.77. The summed E-state index contributed by atoms with van der Waals surface area (Å²) >= 11 is 0. The summed E-state index contributed by atoms with van der Waals surface area (Å²) in [6, 6.07) is 58.3. The van der Waals surface area contributed by atoms with E-state index in [2.05, 4.69) is 205 Å². The zero-order valence-corrected chi connectivity index (χ0v) is 29.9. The molecule has 0 saturated carbocycles. The number of hydrogen-bond donors (Lipinski definition) is 0. The van der Waals surface area contributed by atoms with Crippen LogP contribution >= 0.6 is 0 Å². The van der Waals surface area contributed by atoms with Crippen molar-refractivity contribution < 1.29 is 0 Å². The molecule has 0 saturated heterocycles. The number of nitrogens with zero attached hydrogens (tertiary/aromatic N) is 2. The first-order chi connectivity index (χ1) is 26.1. The van der Waals surface area contributed by atoms with Crippen LogP contribution < -0.4 is 0 Å². The predicted octanol–water partition coefficient (Wildman–Crippen LogP) is 13.3. The molecule has 2 atom stereocenters. The second-order valence-electron chi connectivity index (χ2n) is 15.3. The van der Waals surface area contributed by atoms with E-state index in [1.807, 2.05) is 0 Å². The molecule has 7 aromatic carbocycles. The third-order valence-corrected chi connectivity index (χ3v) is 12.2. The first kappa shape index (κ1) is 30.3. The van der Waals surface area contributed by atoms with Gasteiger partial charge >= 0.3 is 0 Å². The zero-order valence-electron chi connectivity index (χ0n) is 29.9. The van der Waals surface area contributed by atoms with Crippen LogP contribution in [0.3, 0.4) is 0 Å².